The van der Waals surface area contributed by atoms with Crippen LogP contribution in [0.25, 0.3) is 0 Å². The van der Waals surface area contributed by atoms with Gasteiger partial charge in [-0.2, -0.15) is 0 Å². The maximum atomic E-state index is 11.6. The molecule has 0 spiro atoms. The van der Waals surface area contributed by atoms with Gasteiger partial charge in [-0.25, -0.2) is 0 Å². The Morgan fingerprint density at radius 1 is 1.44 bits per heavy atom. The number of ether oxygens (including phenoxy) is 1. The van der Waals surface area contributed by atoms with Gasteiger partial charge in [0, 0.05) is 19.0 Å². The van der Waals surface area contributed by atoms with Gasteiger partial charge in [0.2, 0.25) is 7.85 Å². The molecular formula is C10H14BNO4. The van der Waals surface area contributed by atoms with E-state index in [9.17, 15) is 14.4 Å². The zero-order valence-electron chi connectivity index (χ0n) is 9.27. The topological polar surface area (TPSA) is 63.7 Å². The Morgan fingerprint density at radius 2 is 2.12 bits per heavy atom. The van der Waals surface area contributed by atoms with E-state index in [0.717, 1.165) is 0 Å². The van der Waals surface area contributed by atoms with Crippen LogP contribution in [0, 0.1) is 5.92 Å². The Bertz CT molecular complexity index is 305. The molecule has 1 unspecified atom stereocenters. The Balaban J connectivity index is 2.39. The third-order valence-electron chi connectivity index (χ3n) is 2.58. The van der Waals surface area contributed by atoms with E-state index < -0.39 is 11.8 Å². The summed E-state index contributed by atoms with van der Waals surface area (Å²) in [5, 5.41) is 0. The Labute approximate surface area is 95.5 Å². The molecule has 2 radical (unpaired) electrons. The van der Waals surface area contributed by atoms with Gasteiger partial charge in [-0.3, -0.25) is 14.4 Å². The van der Waals surface area contributed by atoms with Crippen molar-refractivity contribution in [1.82, 2.24) is 4.90 Å². The van der Waals surface area contributed by atoms with Gasteiger partial charge in [-0.1, -0.05) is 0 Å². The number of Topliss-reactive ketones (excluding diaryl/α,β-unsaturated/α-hetero) is 1. The van der Waals surface area contributed by atoms with Crippen LogP contribution < -0.4 is 0 Å². The SMILES string of the molecule is [B]C(=O)N1CCC(C(=O)CC(=O)OCC)C1. The second kappa shape index (κ2) is 5.68. The molecule has 6 heteroatoms. The summed E-state index contributed by atoms with van der Waals surface area (Å²) in [5.74, 6) is -1.49. The molecule has 1 aliphatic heterocycles. The van der Waals surface area contributed by atoms with Crippen LogP contribution >= 0.6 is 0 Å². The minimum Gasteiger partial charge on any atom is -0.466 e. The monoisotopic (exact) mass is 223 g/mol. The van der Waals surface area contributed by atoms with Crippen molar-refractivity contribution in [2.45, 2.75) is 19.8 Å². The van der Waals surface area contributed by atoms with Crippen molar-refractivity contribution < 1.29 is 19.1 Å². The molecule has 0 bridgehead atoms. The first kappa shape index (κ1) is 12.7. The molecule has 0 aromatic carbocycles. The van der Waals surface area contributed by atoms with Gasteiger partial charge in [-0.05, 0) is 13.3 Å². The van der Waals surface area contributed by atoms with Gasteiger partial charge < -0.3 is 9.64 Å². The van der Waals surface area contributed by atoms with Crippen LogP contribution in [0.1, 0.15) is 19.8 Å². The van der Waals surface area contributed by atoms with Gasteiger partial charge >= 0.3 is 5.97 Å². The first-order valence-electron chi connectivity index (χ1n) is 5.27. The molecule has 1 atom stereocenters. The van der Waals surface area contributed by atoms with Gasteiger partial charge in [0.25, 0.3) is 0 Å². The van der Waals surface area contributed by atoms with Crippen molar-refractivity contribution in [3.05, 3.63) is 0 Å². The highest BCUT2D eigenvalue weighted by Gasteiger charge is 2.30. The summed E-state index contributed by atoms with van der Waals surface area (Å²) < 4.78 is 4.68. The number of carbonyl (C=O) groups excluding carboxylic acids is 3. The van der Waals surface area contributed by atoms with Crippen LogP contribution in [0.15, 0.2) is 0 Å². The lowest BCUT2D eigenvalue weighted by atomic mass is 10.0. The fraction of sp³-hybridized carbons (Fsp3) is 0.700. The van der Waals surface area contributed by atoms with E-state index in [1.165, 1.54) is 4.90 Å². The number of ketones is 1. The molecule has 1 aliphatic rings. The molecule has 1 rings (SSSR count). The number of hydrogen-bond donors (Lipinski definition) is 0. The molecule has 1 saturated heterocycles. The molecule has 86 valence electrons. The lowest BCUT2D eigenvalue weighted by molar-refractivity contribution is -0.146. The van der Waals surface area contributed by atoms with Crippen molar-refractivity contribution >= 4 is 25.4 Å². The van der Waals surface area contributed by atoms with E-state index in [0.29, 0.717) is 19.5 Å². The standard InChI is InChI=1S/C10H14BNO4/c1-2-16-9(14)5-8(13)7-3-4-12(6-7)10(11)15/h7H,2-6H2,1H3. The molecular weight excluding hydrogens is 209 g/mol. The number of rotatable bonds is 4. The molecule has 5 nitrogen and oxygen atoms in total. The van der Waals surface area contributed by atoms with Gasteiger partial charge in [0.1, 0.15) is 12.2 Å². The molecule has 1 heterocycles. The summed E-state index contributed by atoms with van der Waals surface area (Å²) in [7, 11) is 5.09. The number of carbonyl (C=O) groups is 3. The highest BCUT2D eigenvalue weighted by atomic mass is 16.5. The lowest BCUT2D eigenvalue weighted by Gasteiger charge is -2.13. The van der Waals surface area contributed by atoms with Gasteiger partial charge in [0.05, 0.1) is 6.61 Å². The summed E-state index contributed by atoms with van der Waals surface area (Å²) in [4.78, 5) is 34.9. The molecule has 16 heavy (non-hydrogen) atoms. The summed E-state index contributed by atoms with van der Waals surface area (Å²) in [6.07, 6.45) is 0.353. The number of hydrogen-bond acceptors (Lipinski definition) is 4. The highest BCUT2D eigenvalue weighted by molar-refractivity contribution is 6.56. The molecule has 0 aliphatic carbocycles. The molecule has 0 aromatic rings. The second-order valence-electron chi connectivity index (χ2n) is 3.72. The second-order valence-corrected chi connectivity index (χ2v) is 3.72. The zero-order chi connectivity index (χ0) is 12.1. The largest absolute Gasteiger partial charge is 0.466 e. The van der Waals surface area contributed by atoms with Crippen LogP contribution in [-0.2, 0) is 14.3 Å². The van der Waals surface area contributed by atoms with E-state index in [1.54, 1.807) is 6.92 Å². The highest BCUT2D eigenvalue weighted by Crippen LogP contribution is 2.18. The van der Waals surface area contributed by atoms with Crippen LogP contribution in [0.4, 0.5) is 4.79 Å². The maximum absolute atomic E-state index is 11.6. The average Bonchev–Trinajstić information content (AvgIpc) is 2.66. The number of amides is 1. The predicted molar refractivity (Wildman–Crippen MR) is 57.1 cm³/mol. The fourth-order valence-corrected chi connectivity index (χ4v) is 1.72. The van der Waals surface area contributed by atoms with Crippen molar-refractivity contribution in [3.8, 4) is 0 Å². The van der Waals surface area contributed by atoms with E-state index in [1.807, 2.05) is 0 Å². The van der Waals surface area contributed by atoms with Crippen molar-refractivity contribution in [2.24, 2.45) is 5.92 Å². The van der Waals surface area contributed by atoms with Gasteiger partial charge in [0.15, 0.2) is 5.81 Å². The number of esters is 1. The number of nitrogens with zero attached hydrogens (tertiary/aromatic N) is 1. The molecule has 0 saturated carbocycles. The van der Waals surface area contributed by atoms with Crippen molar-refractivity contribution in [1.29, 1.82) is 0 Å². The molecule has 1 amide bonds. The smallest absolute Gasteiger partial charge is 0.313 e. The third-order valence-corrected chi connectivity index (χ3v) is 2.58. The molecule has 0 aromatic heterocycles. The summed E-state index contributed by atoms with van der Waals surface area (Å²) in [5.41, 5.74) is 0. The number of likely N-dealkylation sites (tertiary alicyclic amines) is 1. The Morgan fingerprint density at radius 3 is 2.62 bits per heavy atom. The zero-order valence-corrected chi connectivity index (χ0v) is 9.27. The quantitative estimate of drug-likeness (QED) is 0.385. The normalized spacial score (nSPS) is 19.6. The van der Waals surface area contributed by atoms with E-state index >= 15 is 0 Å². The predicted octanol–water partition coefficient (Wildman–Crippen LogP) is 0.119. The van der Waals surface area contributed by atoms with Crippen LogP contribution in [-0.4, -0.2) is 50.0 Å². The third kappa shape index (κ3) is 3.36. The van der Waals surface area contributed by atoms with E-state index in [-0.39, 0.29) is 24.7 Å². The van der Waals surface area contributed by atoms with Gasteiger partial charge in [-0.15, -0.1) is 0 Å². The minimum absolute atomic E-state index is 0.179. The van der Waals surface area contributed by atoms with Crippen LogP contribution in [0.3, 0.4) is 0 Å². The van der Waals surface area contributed by atoms with Crippen LogP contribution in [0.2, 0.25) is 0 Å². The van der Waals surface area contributed by atoms with Crippen molar-refractivity contribution in [3.63, 3.8) is 0 Å². The Kier molecular flexibility index (Phi) is 4.52. The van der Waals surface area contributed by atoms with Crippen molar-refractivity contribution in [2.75, 3.05) is 19.7 Å². The first-order valence-corrected chi connectivity index (χ1v) is 5.27. The van der Waals surface area contributed by atoms with Crippen LogP contribution in [0.5, 0.6) is 0 Å². The average molecular weight is 223 g/mol. The summed E-state index contributed by atoms with van der Waals surface area (Å²) >= 11 is 0. The van der Waals surface area contributed by atoms with E-state index in [2.05, 4.69) is 4.74 Å². The maximum Gasteiger partial charge on any atom is 0.313 e. The minimum atomic E-state index is -0.522. The summed E-state index contributed by atoms with van der Waals surface area (Å²) in [6, 6.07) is 0. The molecule has 0 N–H and O–H groups in total. The molecule has 1 fully saturated rings. The lowest BCUT2D eigenvalue weighted by Crippen LogP contribution is -2.29. The fourth-order valence-electron chi connectivity index (χ4n) is 1.72. The van der Waals surface area contributed by atoms with E-state index in [4.69, 9.17) is 7.85 Å². The first-order chi connectivity index (χ1) is 7.54. The summed E-state index contributed by atoms with van der Waals surface area (Å²) in [6.45, 7) is 2.75. The Hall–Kier alpha value is -1.33.